The van der Waals surface area contributed by atoms with Crippen LogP contribution in [0.5, 0.6) is 0 Å². The number of nitrogens with one attached hydrogen (secondary N) is 2. The van der Waals surface area contributed by atoms with Crippen LogP contribution in [0.1, 0.15) is 23.1 Å². The summed E-state index contributed by atoms with van der Waals surface area (Å²) in [4.78, 5) is 11.9. The first-order chi connectivity index (χ1) is 11.8. The van der Waals surface area contributed by atoms with Crippen molar-refractivity contribution in [2.75, 3.05) is 11.9 Å². The molecule has 0 unspecified atom stereocenters. The highest BCUT2D eigenvalue weighted by Gasteiger charge is 2.31. The molecule has 2 aromatic carbocycles. The van der Waals surface area contributed by atoms with Crippen LogP contribution in [-0.4, -0.2) is 12.5 Å². The maximum atomic E-state index is 12.7. The van der Waals surface area contributed by atoms with E-state index in [0.717, 1.165) is 23.8 Å². The van der Waals surface area contributed by atoms with E-state index >= 15 is 0 Å². The average Bonchev–Trinajstić information content (AvgIpc) is 2.54. The quantitative estimate of drug-likeness (QED) is 0.718. The molecule has 2 N–H and O–H groups in total. The van der Waals surface area contributed by atoms with Gasteiger partial charge < -0.3 is 10.6 Å². The molecule has 3 nitrogen and oxygen atoms in total. The first-order valence-electron chi connectivity index (χ1n) is 7.68. The summed E-state index contributed by atoms with van der Waals surface area (Å²) < 4.78 is 38.1. The van der Waals surface area contributed by atoms with Crippen molar-refractivity contribution in [1.29, 1.82) is 0 Å². The van der Waals surface area contributed by atoms with Gasteiger partial charge in [-0.1, -0.05) is 41.4 Å². The Labute approximate surface area is 149 Å². The highest BCUT2D eigenvalue weighted by molar-refractivity contribution is 6.33. The van der Waals surface area contributed by atoms with Gasteiger partial charge in [0.25, 0.3) is 0 Å². The Bertz CT molecular complexity index is 730. The topological polar surface area (TPSA) is 41.1 Å². The van der Waals surface area contributed by atoms with Crippen molar-refractivity contribution in [3.63, 3.8) is 0 Å². The lowest BCUT2D eigenvalue weighted by atomic mass is 10.1. The number of hydrogen-bond acceptors (Lipinski definition) is 2. The third-order valence-electron chi connectivity index (χ3n) is 3.55. The molecule has 0 fully saturated rings. The molecule has 2 rings (SSSR count). The Morgan fingerprint density at radius 3 is 2.44 bits per heavy atom. The number of benzene rings is 2. The lowest BCUT2D eigenvalue weighted by molar-refractivity contribution is -0.137. The van der Waals surface area contributed by atoms with Crippen molar-refractivity contribution < 1.29 is 18.0 Å². The van der Waals surface area contributed by atoms with E-state index in [1.54, 1.807) is 0 Å². The van der Waals surface area contributed by atoms with Gasteiger partial charge in [0.1, 0.15) is 0 Å². The Balaban J connectivity index is 1.83. The number of rotatable bonds is 6. The summed E-state index contributed by atoms with van der Waals surface area (Å²) in [6.45, 7) is 3.01. The molecule has 0 spiro atoms. The molecular formula is C18H18ClF3N2O. The van der Waals surface area contributed by atoms with E-state index in [2.05, 4.69) is 10.6 Å². The highest BCUT2D eigenvalue weighted by Crippen LogP contribution is 2.33. The van der Waals surface area contributed by atoms with E-state index in [1.807, 2.05) is 31.2 Å². The summed E-state index contributed by atoms with van der Waals surface area (Å²) in [5, 5.41) is 5.60. The number of carbonyl (C=O) groups is 1. The van der Waals surface area contributed by atoms with E-state index in [1.165, 1.54) is 5.56 Å². The smallest absolute Gasteiger partial charge is 0.325 e. The number of aryl methyl sites for hydroxylation is 1. The van der Waals surface area contributed by atoms with Gasteiger partial charge in [-0.15, -0.1) is 0 Å². The van der Waals surface area contributed by atoms with Gasteiger partial charge in [-0.3, -0.25) is 4.79 Å². The number of amides is 1. The molecule has 0 aliphatic rings. The summed E-state index contributed by atoms with van der Waals surface area (Å²) >= 11 is 5.85. The van der Waals surface area contributed by atoms with Crippen molar-refractivity contribution >= 4 is 23.2 Å². The van der Waals surface area contributed by atoms with Crippen LogP contribution in [0.2, 0.25) is 5.02 Å². The van der Waals surface area contributed by atoms with Crippen LogP contribution in [0, 0.1) is 6.92 Å². The van der Waals surface area contributed by atoms with Crippen LogP contribution in [0.25, 0.3) is 0 Å². The van der Waals surface area contributed by atoms with Crippen molar-refractivity contribution in [1.82, 2.24) is 5.32 Å². The van der Waals surface area contributed by atoms with Gasteiger partial charge in [0.05, 0.1) is 16.3 Å². The maximum Gasteiger partial charge on any atom is 0.416 e. The normalized spacial score (nSPS) is 11.4. The second kappa shape index (κ2) is 8.36. The minimum absolute atomic E-state index is 0.0416. The van der Waals surface area contributed by atoms with E-state index in [0.29, 0.717) is 13.1 Å². The maximum absolute atomic E-state index is 12.7. The van der Waals surface area contributed by atoms with E-state index in [4.69, 9.17) is 11.6 Å². The molecule has 0 heterocycles. The molecule has 25 heavy (non-hydrogen) atoms. The second-order valence-electron chi connectivity index (χ2n) is 5.65. The fourth-order valence-corrected chi connectivity index (χ4v) is 2.32. The SMILES string of the molecule is Cc1ccc(CNCCC(=O)Nc2cc(C(F)(F)F)ccc2Cl)cc1. The molecule has 0 atom stereocenters. The second-order valence-corrected chi connectivity index (χ2v) is 6.06. The average molecular weight is 371 g/mol. The van der Waals surface area contributed by atoms with Crippen LogP contribution in [0.4, 0.5) is 18.9 Å². The number of anilines is 1. The minimum atomic E-state index is -4.49. The minimum Gasteiger partial charge on any atom is -0.325 e. The van der Waals surface area contributed by atoms with Crippen LogP contribution in [-0.2, 0) is 17.5 Å². The Kier molecular flexibility index (Phi) is 6.45. The zero-order valence-electron chi connectivity index (χ0n) is 13.6. The first kappa shape index (κ1) is 19.3. The summed E-state index contributed by atoms with van der Waals surface area (Å²) in [5.74, 6) is -0.405. The van der Waals surface area contributed by atoms with E-state index in [-0.39, 0.29) is 17.1 Å². The molecule has 0 saturated carbocycles. The Morgan fingerprint density at radius 1 is 1.12 bits per heavy atom. The highest BCUT2D eigenvalue weighted by atomic mass is 35.5. The summed E-state index contributed by atoms with van der Waals surface area (Å²) in [5.41, 5.74) is 1.36. The summed E-state index contributed by atoms with van der Waals surface area (Å²) in [7, 11) is 0. The molecule has 0 aliphatic carbocycles. The van der Waals surface area contributed by atoms with E-state index in [9.17, 15) is 18.0 Å². The zero-order chi connectivity index (χ0) is 18.4. The number of carbonyl (C=O) groups excluding carboxylic acids is 1. The van der Waals surface area contributed by atoms with Gasteiger partial charge in [-0.2, -0.15) is 13.2 Å². The summed E-state index contributed by atoms with van der Waals surface area (Å²) in [6, 6.07) is 10.8. The largest absolute Gasteiger partial charge is 0.416 e. The van der Waals surface area contributed by atoms with Gasteiger partial charge in [-0.25, -0.2) is 0 Å². The standard InChI is InChI=1S/C18H18ClF3N2O/c1-12-2-4-13(5-3-12)11-23-9-8-17(25)24-16-10-14(18(20,21)22)6-7-15(16)19/h2-7,10,23H,8-9,11H2,1H3,(H,24,25). The van der Waals surface area contributed by atoms with Crippen LogP contribution in [0.3, 0.4) is 0 Å². The fourth-order valence-electron chi connectivity index (χ4n) is 2.15. The molecule has 0 radical (unpaired) electrons. The zero-order valence-corrected chi connectivity index (χ0v) is 14.3. The third kappa shape index (κ3) is 6.07. The fraction of sp³-hybridized carbons (Fsp3) is 0.278. The lowest BCUT2D eigenvalue weighted by Gasteiger charge is -2.12. The molecular weight excluding hydrogens is 353 g/mol. The van der Waals surface area contributed by atoms with Crippen molar-refractivity contribution in [3.05, 3.63) is 64.2 Å². The monoisotopic (exact) mass is 370 g/mol. The van der Waals surface area contributed by atoms with Gasteiger partial charge in [0, 0.05) is 19.5 Å². The molecule has 0 bridgehead atoms. The molecule has 0 aliphatic heterocycles. The Hall–Kier alpha value is -2.05. The molecule has 2 aromatic rings. The molecule has 0 aromatic heterocycles. The van der Waals surface area contributed by atoms with E-state index < -0.39 is 17.6 Å². The Morgan fingerprint density at radius 2 is 1.80 bits per heavy atom. The van der Waals surface area contributed by atoms with Crippen LogP contribution < -0.4 is 10.6 Å². The number of halogens is 4. The predicted octanol–water partition coefficient (Wildman–Crippen LogP) is 4.79. The van der Waals surface area contributed by atoms with Gasteiger partial charge in [0.2, 0.25) is 5.91 Å². The third-order valence-corrected chi connectivity index (χ3v) is 3.88. The molecule has 1 amide bonds. The van der Waals surface area contributed by atoms with Gasteiger partial charge in [-0.05, 0) is 30.7 Å². The van der Waals surface area contributed by atoms with Crippen molar-refractivity contribution in [2.24, 2.45) is 0 Å². The van der Waals surface area contributed by atoms with Crippen molar-refractivity contribution in [2.45, 2.75) is 26.1 Å². The van der Waals surface area contributed by atoms with Gasteiger partial charge in [0.15, 0.2) is 0 Å². The predicted molar refractivity (Wildman–Crippen MR) is 92.6 cm³/mol. The molecule has 7 heteroatoms. The lowest BCUT2D eigenvalue weighted by Crippen LogP contribution is -2.21. The van der Waals surface area contributed by atoms with Crippen LogP contribution >= 0.6 is 11.6 Å². The molecule has 134 valence electrons. The van der Waals surface area contributed by atoms with Gasteiger partial charge >= 0.3 is 6.18 Å². The van der Waals surface area contributed by atoms with Crippen molar-refractivity contribution in [3.8, 4) is 0 Å². The number of hydrogen-bond donors (Lipinski definition) is 2. The molecule has 0 saturated heterocycles. The number of alkyl halides is 3. The van der Waals surface area contributed by atoms with Crippen LogP contribution in [0.15, 0.2) is 42.5 Å². The first-order valence-corrected chi connectivity index (χ1v) is 8.06. The summed E-state index contributed by atoms with van der Waals surface area (Å²) in [6.07, 6.45) is -4.36.